The Bertz CT molecular complexity index is 830. The molecule has 1 aliphatic carbocycles. The summed E-state index contributed by atoms with van der Waals surface area (Å²) in [7, 11) is -3.61. The summed E-state index contributed by atoms with van der Waals surface area (Å²) in [5, 5.41) is 0.137. The Morgan fingerprint density at radius 3 is 2.70 bits per heavy atom. The molecule has 4 rings (SSSR count). The van der Waals surface area contributed by atoms with Gasteiger partial charge in [-0.2, -0.15) is 4.31 Å². The van der Waals surface area contributed by atoms with Crippen molar-refractivity contribution >= 4 is 27.6 Å². The number of ether oxygens (including phenoxy) is 1. The van der Waals surface area contributed by atoms with Crippen molar-refractivity contribution in [2.45, 2.75) is 42.7 Å². The summed E-state index contributed by atoms with van der Waals surface area (Å²) >= 11 is 6.06. The number of carbonyl (C=O) groups excluding carboxylic acids is 1. The summed E-state index contributed by atoms with van der Waals surface area (Å²) < 4.78 is 32.9. The minimum atomic E-state index is -3.61. The van der Waals surface area contributed by atoms with Gasteiger partial charge in [0.05, 0.1) is 11.4 Å². The Morgan fingerprint density at radius 1 is 1.30 bits per heavy atom. The van der Waals surface area contributed by atoms with E-state index in [1.807, 2.05) is 6.92 Å². The molecule has 7 heteroatoms. The molecule has 1 saturated carbocycles. The minimum absolute atomic E-state index is 0.137. The normalized spacial score (nSPS) is 30.5. The number of hydrogen-bond donors (Lipinski definition) is 0. The molecule has 1 aromatic carbocycles. The van der Waals surface area contributed by atoms with Crippen LogP contribution in [0.15, 0.2) is 39.8 Å². The third-order valence-electron chi connectivity index (χ3n) is 5.02. The van der Waals surface area contributed by atoms with E-state index in [0.29, 0.717) is 19.3 Å². The van der Waals surface area contributed by atoms with Crippen molar-refractivity contribution in [1.29, 1.82) is 0 Å². The Hall–Kier alpha value is -1.37. The number of esters is 1. The zero-order valence-corrected chi connectivity index (χ0v) is 14.2. The average molecular weight is 354 g/mol. The van der Waals surface area contributed by atoms with E-state index in [1.54, 1.807) is 24.3 Å². The molecular formula is C16H16ClNO4S. The first-order chi connectivity index (χ1) is 10.8. The van der Waals surface area contributed by atoms with Crippen LogP contribution in [0.1, 0.15) is 24.8 Å². The highest BCUT2D eigenvalue weighted by Crippen LogP contribution is 2.51. The van der Waals surface area contributed by atoms with Crippen LogP contribution in [-0.4, -0.2) is 36.9 Å². The Kier molecular flexibility index (Phi) is 3.18. The number of aryl methyl sites for hydroxylation is 1. The maximum absolute atomic E-state index is 13.0. The molecule has 2 bridgehead atoms. The highest BCUT2D eigenvalue weighted by molar-refractivity contribution is 7.89. The van der Waals surface area contributed by atoms with E-state index in [0.717, 1.165) is 11.1 Å². The summed E-state index contributed by atoms with van der Waals surface area (Å²) in [6.45, 7) is 2.07. The molecule has 0 radical (unpaired) electrons. The summed E-state index contributed by atoms with van der Waals surface area (Å²) in [5.74, 6) is -0.531. The number of fused-ring (bicyclic) bond motifs is 1. The van der Waals surface area contributed by atoms with Gasteiger partial charge in [-0.3, -0.25) is 0 Å². The van der Waals surface area contributed by atoms with Gasteiger partial charge in [-0.1, -0.05) is 29.3 Å². The van der Waals surface area contributed by atoms with Crippen LogP contribution >= 0.6 is 11.6 Å². The Labute approximate surface area is 139 Å². The molecule has 2 aliphatic heterocycles. The van der Waals surface area contributed by atoms with E-state index in [1.165, 1.54) is 4.31 Å². The second-order valence-electron chi connectivity index (χ2n) is 6.44. The zero-order valence-electron chi connectivity index (χ0n) is 12.6. The molecule has 2 heterocycles. The van der Waals surface area contributed by atoms with E-state index in [9.17, 15) is 13.2 Å². The average Bonchev–Trinajstić information content (AvgIpc) is 2.93. The van der Waals surface area contributed by atoms with Crippen LogP contribution in [0.25, 0.3) is 0 Å². The molecule has 1 saturated heterocycles. The number of carbonyl (C=O) groups is 1. The van der Waals surface area contributed by atoms with Crippen LogP contribution in [-0.2, 0) is 19.6 Å². The first kappa shape index (κ1) is 15.2. The third-order valence-corrected chi connectivity index (χ3v) is 7.32. The lowest BCUT2D eigenvalue weighted by atomic mass is 9.82. The predicted molar refractivity (Wildman–Crippen MR) is 84.4 cm³/mol. The Balaban J connectivity index is 1.73. The zero-order chi connectivity index (χ0) is 16.4. The molecule has 0 amide bonds. The van der Waals surface area contributed by atoms with Gasteiger partial charge in [-0.15, -0.1) is 0 Å². The molecule has 0 unspecified atom stereocenters. The first-order valence-corrected chi connectivity index (χ1v) is 9.36. The SMILES string of the molecule is Cc1ccc(S(=O)(=O)N2C[C@]34C[C@H]2CCC3=C(Cl)C(=O)O4)cc1. The van der Waals surface area contributed by atoms with Crippen molar-refractivity contribution in [2.75, 3.05) is 6.54 Å². The van der Waals surface area contributed by atoms with Crippen molar-refractivity contribution in [3.63, 3.8) is 0 Å². The standard InChI is InChI=1S/C16H16ClNO4S/c1-10-2-5-12(6-3-10)23(20,21)18-9-16-8-11(18)4-7-13(16)14(17)15(19)22-16/h2-3,5-6,11H,4,7-9H2,1H3/t11-,16-/m1/s1. The quantitative estimate of drug-likeness (QED) is 0.765. The van der Waals surface area contributed by atoms with Crippen molar-refractivity contribution < 1.29 is 17.9 Å². The third kappa shape index (κ3) is 2.08. The lowest BCUT2D eigenvalue weighted by Crippen LogP contribution is -2.37. The van der Waals surface area contributed by atoms with Gasteiger partial charge in [0.1, 0.15) is 5.03 Å². The van der Waals surface area contributed by atoms with E-state index in [2.05, 4.69) is 0 Å². The van der Waals surface area contributed by atoms with Crippen molar-refractivity contribution in [2.24, 2.45) is 0 Å². The molecule has 5 nitrogen and oxygen atoms in total. The van der Waals surface area contributed by atoms with E-state index >= 15 is 0 Å². The van der Waals surface area contributed by atoms with Crippen LogP contribution in [0.3, 0.4) is 0 Å². The second-order valence-corrected chi connectivity index (χ2v) is 8.70. The number of nitrogens with zero attached hydrogens (tertiary/aromatic N) is 1. The molecule has 23 heavy (non-hydrogen) atoms. The van der Waals surface area contributed by atoms with Gasteiger partial charge < -0.3 is 4.74 Å². The molecule has 0 N–H and O–H groups in total. The number of halogens is 1. The smallest absolute Gasteiger partial charge is 0.350 e. The summed E-state index contributed by atoms with van der Waals surface area (Å²) in [4.78, 5) is 12.1. The molecule has 0 aromatic heterocycles. The number of sulfonamides is 1. The highest BCUT2D eigenvalue weighted by atomic mass is 35.5. The van der Waals surface area contributed by atoms with Gasteiger partial charge in [-0.25, -0.2) is 13.2 Å². The summed E-state index contributed by atoms with van der Waals surface area (Å²) in [6.07, 6.45) is 1.76. The minimum Gasteiger partial charge on any atom is -0.449 e. The number of benzene rings is 1. The predicted octanol–water partition coefficient (Wildman–Crippen LogP) is 2.34. The van der Waals surface area contributed by atoms with Crippen molar-refractivity contribution in [1.82, 2.24) is 4.31 Å². The van der Waals surface area contributed by atoms with Crippen LogP contribution < -0.4 is 0 Å². The monoisotopic (exact) mass is 353 g/mol. The first-order valence-electron chi connectivity index (χ1n) is 7.54. The fourth-order valence-corrected chi connectivity index (χ4v) is 5.86. The number of hydrogen-bond acceptors (Lipinski definition) is 4. The van der Waals surface area contributed by atoms with E-state index < -0.39 is 21.6 Å². The van der Waals surface area contributed by atoms with Crippen molar-refractivity contribution in [3.8, 4) is 0 Å². The van der Waals surface area contributed by atoms with Gasteiger partial charge in [0, 0.05) is 18.0 Å². The molecule has 3 aliphatic rings. The second kappa shape index (κ2) is 4.82. The van der Waals surface area contributed by atoms with Gasteiger partial charge in [-0.05, 0) is 31.9 Å². The van der Waals surface area contributed by atoms with E-state index in [4.69, 9.17) is 16.3 Å². The molecule has 2 atom stereocenters. The van der Waals surface area contributed by atoms with Crippen LogP contribution in [0, 0.1) is 6.92 Å². The molecule has 1 spiro atoms. The van der Waals surface area contributed by atoms with E-state index in [-0.39, 0.29) is 22.5 Å². The summed E-state index contributed by atoms with van der Waals surface area (Å²) in [6, 6.07) is 6.65. The van der Waals surface area contributed by atoms with Gasteiger partial charge in [0.25, 0.3) is 0 Å². The highest BCUT2D eigenvalue weighted by Gasteiger charge is 2.59. The molecule has 122 valence electrons. The number of rotatable bonds is 2. The van der Waals surface area contributed by atoms with Crippen LogP contribution in [0.2, 0.25) is 0 Å². The van der Waals surface area contributed by atoms with Gasteiger partial charge >= 0.3 is 5.97 Å². The maximum atomic E-state index is 13.0. The lowest BCUT2D eigenvalue weighted by molar-refractivity contribution is -0.145. The van der Waals surface area contributed by atoms with Crippen LogP contribution in [0.5, 0.6) is 0 Å². The largest absolute Gasteiger partial charge is 0.449 e. The Morgan fingerprint density at radius 2 is 2.00 bits per heavy atom. The molecule has 2 fully saturated rings. The fraction of sp³-hybridized carbons (Fsp3) is 0.438. The topological polar surface area (TPSA) is 63.7 Å². The molecule has 1 aromatic rings. The van der Waals surface area contributed by atoms with Crippen molar-refractivity contribution in [3.05, 3.63) is 40.4 Å². The lowest BCUT2D eigenvalue weighted by Gasteiger charge is -2.28. The van der Waals surface area contributed by atoms with Gasteiger partial charge in [0.2, 0.25) is 10.0 Å². The fourth-order valence-electron chi connectivity index (χ4n) is 3.85. The summed E-state index contributed by atoms with van der Waals surface area (Å²) in [5.41, 5.74) is 0.918. The van der Waals surface area contributed by atoms with Crippen LogP contribution in [0.4, 0.5) is 0 Å². The van der Waals surface area contributed by atoms with Gasteiger partial charge in [0.15, 0.2) is 5.60 Å². The maximum Gasteiger partial charge on any atom is 0.350 e. The molecular weight excluding hydrogens is 338 g/mol.